The third kappa shape index (κ3) is 5.08. The van der Waals surface area contributed by atoms with Crippen LogP contribution in [-0.4, -0.2) is 23.0 Å². The Morgan fingerprint density at radius 3 is 2.23 bits per heavy atom. The molecule has 1 atom stereocenters. The number of amides is 1. The van der Waals surface area contributed by atoms with E-state index in [1.54, 1.807) is 26.0 Å². The van der Waals surface area contributed by atoms with Crippen LogP contribution in [-0.2, 0) is 17.4 Å². The molecule has 2 N–H and O–H groups in total. The number of rotatable bonds is 5. The molecular weight excluding hydrogens is 347 g/mol. The molecule has 2 aromatic carbocycles. The van der Waals surface area contributed by atoms with Crippen LogP contribution in [0.1, 0.15) is 32.6 Å². The summed E-state index contributed by atoms with van der Waals surface area (Å²) in [6, 6.07) is 8.17. The van der Waals surface area contributed by atoms with Crippen molar-refractivity contribution in [1.29, 1.82) is 0 Å². The molecule has 0 saturated carbocycles. The molecule has 2 aromatic rings. The highest BCUT2D eigenvalue weighted by Gasteiger charge is 2.31. The predicted molar refractivity (Wildman–Crippen MR) is 90.0 cm³/mol. The maximum Gasteiger partial charge on any atom is 0.416 e. The molecule has 0 spiro atoms. The van der Waals surface area contributed by atoms with E-state index >= 15 is 0 Å². The summed E-state index contributed by atoms with van der Waals surface area (Å²) in [6.45, 7) is 3.61. The molecule has 0 aromatic heterocycles. The zero-order valence-electron chi connectivity index (χ0n) is 14.2. The summed E-state index contributed by atoms with van der Waals surface area (Å²) >= 11 is 0. The van der Waals surface area contributed by atoms with Gasteiger partial charge in [-0.2, -0.15) is 13.2 Å². The van der Waals surface area contributed by atoms with Gasteiger partial charge in [0, 0.05) is 12.0 Å². The molecule has 0 unspecified atom stereocenters. The number of alkyl halides is 3. The Bertz CT molecular complexity index is 811. The van der Waals surface area contributed by atoms with Crippen molar-refractivity contribution in [3.8, 4) is 0 Å². The van der Waals surface area contributed by atoms with Crippen molar-refractivity contribution in [2.75, 3.05) is 0 Å². The van der Waals surface area contributed by atoms with Gasteiger partial charge < -0.3 is 10.4 Å². The second kappa shape index (κ2) is 7.59. The third-order valence-corrected chi connectivity index (χ3v) is 3.78. The summed E-state index contributed by atoms with van der Waals surface area (Å²) in [4.78, 5) is 23.8. The summed E-state index contributed by atoms with van der Waals surface area (Å²) in [5.41, 5.74) is 1.31. The highest BCUT2D eigenvalue weighted by Crippen LogP contribution is 2.29. The largest absolute Gasteiger partial charge is 0.480 e. The zero-order chi connectivity index (χ0) is 19.5. The van der Waals surface area contributed by atoms with Gasteiger partial charge in [-0.15, -0.1) is 0 Å². The van der Waals surface area contributed by atoms with E-state index in [1.807, 2.05) is 6.07 Å². The van der Waals surface area contributed by atoms with Crippen molar-refractivity contribution in [2.45, 2.75) is 32.5 Å². The standard InChI is InChI=1S/C19H18F3NO3/c1-11-6-12(2)8-14(7-11)17(24)23-16(18(25)26)10-13-4-3-5-15(9-13)19(20,21)22/h3-9,16H,10H2,1-2H3,(H,23,24)(H,25,26)/t16-/m1/s1. The van der Waals surface area contributed by atoms with Crippen molar-refractivity contribution < 1.29 is 27.9 Å². The minimum absolute atomic E-state index is 0.174. The summed E-state index contributed by atoms with van der Waals surface area (Å²) in [6.07, 6.45) is -4.77. The van der Waals surface area contributed by atoms with E-state index in [2.05, 4.69) is 5.32 Å². The van der Waals surface area contributed by atoms with Gasteiger partial charge in [0.05, 0.1) is 5.56 Å². The third-order valence-electron chi connectivity index (χ3n) is 3.78. The van der Waals surface area contributed by atoms with Gasteiger partial charge in [-0.1, -0.05) is 35.4 Å². The lowest BCUT2D eigenvalue weighted by Gasteiger charge is -2.16. The summed E-state index contributed by atoms with van der Waals surface area (Å²) in [7, 11) is 0. The van der Waals surface area contributed by atoms with Gasteiger partial charge in [0.1, 0.15) is 6.04 Å². The molecular formula is C19H18F3NO3. The number of aliphatic carboxylic acids is 1. The Labute approximate surface area is 148 Å². The van der Waals surface area contributed by atoms with Crippen molar-refractivity contribution in [3.05, 3.63) is 70.3 Å². The molecule has 4 nitrogen and oxygen atoms in total. The minimum Gasteiger partial charge on any atom is -0.480 e. The lowest BCUT2D eigenvalue weighted by Crippen LogP contribution is -2.42. The first kappa shape index (κ1) is 19.5. The summed E-state index contributed by atoms with van der Waals surface area (Å²) < 4.78 is 38.4. The number of carbonyl (C=O) groups excluding carboxylic acids is 1. The fraction of sp³-hybridized carbons (Fsp3) is 0.263. The van der Waals surface area contributed by atoms with E-state index in [1.165, 1.54) is 12.1 Å². The molecule has 0 aliphatic carbocycles. The molecule has 0 saturated heterocycles. The molecule has 0 aliphatic rings. The molecule has 0 heterocycles. The van der Waals surface area contributed by atoms with E-state index in [0.29, 0.717) is 5.56 Å². The van der Waals surface area contributed by atoms with Crippen molar-refractivity contribution in [3.63, 3.8) is 0 Å². The molecule has 0 fully saturated rings. The van der Waals surface area contributed by atoms with Gasteiger partial charge in [0.15, 0.2) is 0 Å². The predicted octanol–water partition coefficient (Wildman–Crippen LogP) is 3.75. The smallest absolute Gasteiger partial charge is 0.416 e. The number of benzene rings is 2. The Morgan fingerprint density at radius 1 is 1.08 bits per heavy atom. The van der Waals surface area contributed by atoms with Crippen LogP contribution in [0.4, 0.5) is 13.2 Å². The number of carboxylic acids is 1. The second-order valence-electron chi connectivity index (χ2n) is 6.14. The lowest BCUT2D eigenvalue weighted by molar-refractivity contribution is -0.139. The number of carboxylic acid groups (broad SMARTS) is 1. The van der Waals surface area contributed by atoms with Gasteiger partial charge in [-0.25, -0.2) is 4.79 Å². The molecule has 0 bridgehead atoms. The molecule has 26 heavy (non-hydrogen) atoms. The fourth-order valence-corrected chi connectivity index (χ4v) is 2.66. The first-order valence-corrected chi connectivity index (χ1v) is 7.84. The SMILES string of the molecule is Cc1cc(C)cc(C(=O)N[C@H](Cc2cccc(C(F)(F)F)c2)C(=O)O)c1. The number of aryl methyl sites for hydroxylation is 2. The van der Waals surface area contributed by atoms with Gasteiger partial charge in [0.25, 0.3) is 5.91 Å². The Hall–Kier alpha value is -2.83. The fourth-order valence-electron chi connectivity index (χ4n) is 2.66. The van der Waals surface area contributed by atoms with E-state index in [4.69, 9.17) is 0 Å². The maximum absolute atomic E-state index is 12.8. The van der Waals surface area contributed by atoms with E-state index in [-0.39, 0.29) is 12.0 Å². The highest BCUT2D eigenvalue weighted by atomic mass is 19.4. The van der Waals surface area contributed by atoms with Crippen molar-refractivity contribution >= 4 is 11.9 Å². The second-order valence-corrected chi connectivity index (χ2v) is 6.14. The van der Waals surface area contributed by atoms with E-state index in [0.717, 1.165) is 23.3 Å². The van der Waals surface area contributed by atoms with Crippen LogP contribution < -0.4 is 5.32 Å². The first-order chi connectivity index (χ1) is 12.1. The molecule has 138 valence electrons. The Balaban J connectivity index is 2.19. The zero-order valence-corrected chi connectivity index (χ0v) is 14.2. The first-order valence-electron chi connectivity index (χ1n) is 7.84. The highest BCUT2D eigenvalue weighted by molar-refractivity contribution is 5.97. The summed E-state index contributed by atoms with van der Waals surface area (Å²) in [5, 5.41) is 11.7. The van der Waals surface area contributed by atoms with E-state index in [9.17, 15) is 27.9 Å². The molecule has 2 rings (SSSR count). The van der Waals surface area contributed by atoms with Crippen molar-refractivity contribution in [1.82, 2.24) is 5.32 Å². The van der Waals surface area contributed by atoms with Crippen LogP contribution in [0, 0.1) is 13.8 Å². The number of hydrogen-bond donors (Lipinski definition) is 2. The topological polar surface area (TPSA) is 66.4 Å². The molecule has 7 heteroatoms. The Morgan fingerprint density at radius 2 is 1.69 bits per heavy atom. The van der Waals surface area contributed by atoms with Crippen LogP contribution in [0.3, 0.4) is 0 Å². The van der Waals surface area contributed by atoms with Crippen molar-refractivity contribution in [2.24, 2.45) is 0 Å². The van der Waals surface area contributed by atoms with Gasteiger partial charge >= 0.3 is 12.1 Å². The number of hydrogen-bond acceptors (Lipinski definition) is 2. The normalized spacial score (nSPS) is 12.5. The minimum atomic E-state index is -4.52. The monoisotopic (exact) mass is 365 g/mol. The molecule has 1 amide bonds. The quantitative estimate of drug-likeness (QED) is 0.848. The summed E-state index contributed by atoms with van der Waals surface area (Å²) in [5.74, 6) is -1.91. The van der Waals surface area contributed by atoms with Crippen LogP contribution in [0.15, 0.2) is 42.5 Å². The van der Waals surface area contributed by atoms with Crippen LogP contribution >= 0.6 is 0 Å². The number of nitrogens with one attached hydrogen (secondary N) is 1. The Kier molecular flexibility index (Phi) is 5.69. The molecule has 0 aliphatic heterocycles. The maximum atomic E-state index is 12.8. The average Bonchev–Trinajstić information content (AvgIpc) is 2.52. The van der Waals surface area contributed by atoms with Gasteiger partial charge in [-0.3, -0.25) is 4.79 Å². The van der Waals surface area contributed by atoms with Crippen LogP contribution in [0.2, 0.25) is 0 Å². The van der Waals surface area contributed by atoms with Gasteiger partial charge in [0.2, 0.25) is 0 Å². The van der Waals surface area contributed by atoms with Crippen LogP contribution in [0.5, 0.6) is 0 Å². The van der Waals surface area contributed by atoms with Gasteiger partial charge in [-0.05, 0) is 37.6 Å². The van der Waals surface area contributed by atoms with Crippen LogP contribution in [0.25, 0.3) is 0 Å². The lowest BCUT2D eigenvalue weighted by atomic mass is 10.0. The average molecular weight is 365 g/mol. The number of halogens is 3. The number of carbonyl (C=O) groups is 2. The van der Waals surface area contributed by atoms with E-state index < -0.39 is 29.7 Å². The molecule has 0 radical (unpaired) electrons.